The van der Waals surface area contributed by atoms with E-state index in [9.17, 15) is 4.79 Å². The largest absolute Gasteiger partial charge is 0.324 e. The van der Waals surface area contributed by atoms with Crippen molar-refractivity contribution in [3.05, 3.63) is 12.2 Å². The van der Waals surface area contributed by atoms with Crippen molar-refractivity contribution in [1.29, 1.82) is 0 Å². The van der Waals surface area contributed by atoms with Crippen molar-refractivity contribution in [2.75, 3.05) is 6.54 Å². The molecule has 0 saturated carbocycles. The number of hydrogen-bond acceptors (Lipinski definition) is 2. The molecule has 0 radical (unpaired) electrons. The Morgan fingerprint density at radius 1 is 1.86 bits per heavy atom. The van der Waals surface area contributed by atoms with Gasteiger partial charge in [0.2, 0.25) is 0 Å². The van der Waals surface area contributed by atoms with Gasteiger partial charge in [-0.2, -0.15) is 0 Å². The molecule has 0 saturated heterocycles. The molecule has 2 heteroatoms. The van der Waals surface area contributed by atoms with E-state index in [1.807, 2.05) is 0 Å². The van der Waals surface area contributed by atoms with Gasteiger partial charge < -0.3 is 5.73 Å². The fourth-order valence-corrected chi connectivity index (χ4v) is 0.174. The van der Waals surface area contributed by atoms with Gasteiger partial charge in [-0.05, 0) is 12.5 Å². The molecule has 40 valence electrons. The maximum absolute atomic E-state index is 10.3. The molecule has 0 heterocycles. The quantitative estimate of drug-likeness (QED) is 0.498. The van der Waals surface area contributed by atoms with Gasteiger partial charge in [0.1, 0.15) is 0 Å². The van der Waals surface area contributed by atoms with Crippen LogP contribution < -0.4 is 5.73 Å². The minimum atomic E-state index is -0.0694. The van der Waals surface area contributed by atoms with E-state index in [1.165, 1.54) is 0 Å². The first kappa shape index (κ1) is 6.37. The van der Waals surface area contributed by atoms with E-state index in [1.54, 1.807) is 6.92 Å². The molecule has 0 aliphatic carbocycles. The van der Waals surface area contributed by atoms with Gasteiger partial charge in [0.25, 0.3) is 0 Å². The molecule has 0 aromatic heterocycles. The minimum Gasteiger partial charge on any atom is -0.324 e. The zero-order valence-electron chi connectivity index (χ0n) is 4.40. The molecule has 0 amide bonds. The standard InChI is InChI=1S/C5H9NO/c1-4(2)5(7)3-6/h1,3,6H2,2H3. The molecule has 0 aromatic rings. The topological polar surface area (TPSA) is 43.1 Å². The van der Waals surface area contributed by atoms with Gasteiger partial charge in [-0.3, -0.25) is 4.79 Å². The van der Waals surface area contributed by atoms with Crippen LogP contribution in [0, 0.1) is 0 Å². The number of hydrogen-bond donors (Lipinski definition) is 1. The molecule has 0 aromatic carbocycles. The van der Waals surface area contributed by atoms with Crippen molar-refractivity contribution >= 4 is 5.78 Å². The van der Waals surface area contributed by atoms with Gasteiger partial charge >= 0.3 is 0 Å². The number of carbonyl (C=O) groups excluding carboxylic acids is 1. The fourth-order valence-electron chi connectivity index (χ4n) is 0.174. The second kappa shape index (κ2) is 2.53. The van der Waals surface area contributed by atoms with Crippen LogP contribution in [-0.2, 0) is 4.79 Å². The zero-order valence-corrected chi connectivity index (χ0v) is 4.40. The van der Waals surface area contributed by atoms with Crippen LogP contribution in [0.1, 0.15) is 6.92 Å². The molecule has 7 heavy (non-hydrogen) atoms. The Labute approximate surface area is 43.0 Å². The van der Waals surface area contributed by atoms with Gasteiger partial charge in [-0.25, -0.2) is 0 Å². The average molecular weight is 99.1 g/mol. The lowest BCUT2D eigenvalue weighted by Crippen LogP contribution is -2.13. The Bertz CT molecular complexity index is 96.3. The summed E-state index contributed by atoms with van der Waals surface area (Å²) in [4.78, 5) is 10.3. The SMILES string of the molecule is C=C(C)C(=O)CN. The summed E-state index contributed by atoms with van der Waals surface area (Å²) in [5.74, 6) is -0.0694. The Morgan fingerprint density at radius 2 is 2.29 bits per heavy atom. The first-order chi connectivity index (χ1) is 3.18. The van der Waals surface area contributed by atoms with Crippen LogP contribution in [0.4, 0.5) is 0 Å². The van der Waals surface area contributed by atoms with Gasteiger partial charge in [0.05, 0.1) is 6.54 Å². The number of rotatable bonds is 2. The minimum absolute atomic E-state index is 0.0694. The summed E-state index contributed by atoms with van der Waals surface area (Å²) in [5, 5.41) is 0. The molecule has 0 aliphatic heterocycles. The van der Waals surface area contributed by atoms with Gasteiger partial charge in [0.15, 0.2) is 5.78 Å². The highest BCUT2D eigenvalue weighted by Gasteiger charge is 1.94. The van der Waals surface area contributed by atoms with Crippen molar-refractivity contribution in [3.8, 4) is 0 Å². The molecule has 0 fully saturated rings. The lowest BCUT2D eigenvalue weighted by atomic mass is 10.2. The van der Waals surface area contributed by atoms with Crippen molar-refractivity contribution < 1.29 is 4.79 Å². The number of carbonyl (C=O) groups is 1. The van der Waals surface area contributed by atoms with E-state index in [-0.39, 0.29) is 12.3 Å². The molecular weight excluding hydrogens is 90.1 g/mol. The normalized spacial score (nSPS) is 8.29. The number of ketones is 1. The molecular formula is C5H9NO. The Morgan fingerprint density at radius 3 is 2.29 bits per heavy atom. The lowest BCUT2D eigenvalue weighted by molar-refractivity contribution is -0.114. The van der Waals surface area contributed by atoms with Crippen LogP contribution >= 0.6 is 0 Å². The van der Waals surface area contributed by atoms with E-state index < -0.39 is 0 Å². The van der Waals surface area contributed by atoms with Crippen molar-refractivity contribution in [2.24, 2.45) is 5.73 Å². The monoisotopic (exact) mass is 99.1 g/mol. The second-order valence-electron chi connectivity index (χ2n) is 1.41. The predicted molar refractivity (Wildman–Crippen MR) is 28.9 cm³/mol. The van der Waals surface area contributed by atoms with E-state index in [2.05, 4.69) is 6.58 Å². The maximum Gasteiger partial charge on any atom is 0.171 e. The summed E-state index contributed by atoms with van der Waals surface area (Å²) < 4.78 is 0. The van der Waals surface area contributed by atoms with Crippen LogP contribution in [0.15, 0.2) is 12.2 Å². The summed E-state index contributed by atoms with van der Waals surface area (Å²) in [7, 11) is 0. The maximum atomic E-state index is 10.3. The third kappa shape index (κ3) is 2.11. The van der Waals surface area contributed by atoms with E-state index in [0.29, 0.717) is 5.57 Å². The van der Waals surface area contributed by atoms with Crippen LogP contribution in [0.3, 0.4) is 0 Å². The molecule has 0 unspecified atom stereocenters. The third-order valence-electron chi connectivity index (χ3n) is 0.661. The van der Waals surface area contributed by atoms with Crippen LogP contribution in [-0.4, -0.2) is 12.3 Å². The van der Waals surface area contributed by atoms with Crippen molar-refractivity contribution in [1.82, 2.24) is 0 Å². The number of Topliss-reactive ketones (excluding diaryl/α,β-unsaturated/α-hetero) is 1. The van der Waals surface area contributed by atoms with Gasteiger partial charge in [0, 0.05) is 0 Å². The molecule has 0 bridgehead atoms. The third-order valence-corrected chi connectivity index (χ3v) is 0.661. The van der Waals surface area contributed by atoms with E-state index in [0.717, 1.165) is 0 Å². The van der Waals surface area contributed by atoms with Gasteiger partial charge in [-0.15, -0.1) is 0 Å². The second-order valence-corrected chi connectivity index (χ2v) is 1.41. The summed E-state index contributed by atoms with van der Waals surface area (Å²) >= 11 is 0. The van der Waals surface area contributed by atoms with E-state index >= 15 is 0 Å². The Balaban J connectivity index is 3.58. The summed E-state index contributed by atoms with van der Waals surface area (Å²) in [5.41, 5.74) is 5.49. The Kier molecular flexibility index (Phi) is 2.30. The molecule has 2 nitrogen and oxygen atoms in total. The predicted octanol–water partition coefficient (Wildman–Crippen LogP) is 0.0903. The van der Waals surface area contributed by atoms with Crippen LogP contribution in [0.5, 0.6) is 0 Å². The summed E-state index contributed by atoms with van der Waals surface area (Å²) in [6.07, 6.45) is 0. The average Bonchev–Trinajstić information content (AvgIpc) is 1.65. The zero-order chi connectivity index (χ0) is 5.86. The smallest absolute Gasteiger partial charge is 0.171 e. The van der Waals surface area contributed by atoms with E-state index in [4.69, 9.17) is 5.73 Å². The highest BCUT2D eigenvalue weighted by molar-refractivity contribution is 5.95. The molecule has 0 rings (SSSR count). The molecule has 0 atom stereocenters. The first-order valence-electron chi connectivity index (χ1n) is 2.07. The molecule has 0 aliphatic rings. The van der Waals surface area contributed by atoms with Crippen molar-refractivity contribution in [3.63, 3.8) is 0 Å². The first-order valence-corrected chi connectivity index (χ1v) is 2.07. The molecule has 2 N–H and O–H groups in total. The van der Waals surface area contributed by atoms with Crippen LogP contribution in [0.25, 0.3) is 0 Å². The summed E-state index contributed by atoms with van der Waals surface area (Å²) in [6.45, 7) is 5.12. The number of nitrogens with two attached hydrogens (primary N) is 1. The van der Waals surface area contributed by atoms with Crippen molar-refractivity contribution in [2.45, 2.75) is 6.92 Å². The fraction of sp³-hybridized carbons (Fsp3) is 0.400. The highest BCUT2D eigenvalue weighted by Crippen LogP contribution is 1.84. The van der Waals surface area contributed by atoms with Gasteiger partial charge in [-0.1, -0.05) is 6.58 Å². The van der Waals surface area contributed by atoms with Crippen LogP contribution in [0.2, 0.25) is 0 Å². The summed E-state index contributed by atoms with van der Waals surface area (Å²) in [6, 6.07) is 0. The highest BCUT2D eigenvalue weighted by atomic mass is 16.1. The Hall–Kier alpha value is -0.630. The molecule has 0 spiro atoms. The lowest BCUT2D eigenvalue weighted by Gasteiger charge is -1.88.